The molecule has 0 aliphatic heterocycles. The van der Waals surface area contributed by atoms with Crippen molar-refractivity contribution in [2.45, 2.75) is 6.54 Å². The third-order valence-corrected chi connectivity index (χ3v) is 3.48. The van der Waals surface area contributed by atoms with Crippen LogP contribution in [0.1, 0.15) is 5.56 Å². The number of rotatable bonds is 3. The minimum atomic E-state index is 0.137. The second kappa shape index (κ2) is 5.70. The van der Waals surface area contributed by atoms with Crippen molar-refractivity contribution in [3.05, 3.63) is 57.0 Å². The molecule has 0 heterocycles. The Bertz CT molecular complexity index is 480. The van der Waals surface area contributed by atoms with Crippen molar-refractivity contribution < 1.29 is 5.11 Å². The molecule has 0 aliphatic carbocycles. The molecule has 0 unspecified atom stereocenters. The van der Waals surface area contributed by atoms with Crippen molar-refractivity contribution in [1.82, 2.24) is 0 Å². The molecular weight excluding hydrogens is 293 g/mol. The van der Waals surface area contributed by atoms with E-state index in [1.54, 1.807) is 36.4 Å². The van der Waals surface area contributed by atoms with Gasteiger partial charge in [-0.05, 0) is 24.3 Å². The van der Waals surface area contributed by atoms with E-state index < -0.39 is 0 Å². The molecule has 0 saturated heterocycles. The van der Waals surface area contributed by atoms with Gasteiger partial charge in [0.1, 0.15) is 5.75 Å². The molecule has 0 spiro atoms. The molecule has 94 valence electrons. The summed E-state index contributed by atoms with van der Waals surface area (Å²) >= 11 is 18.1. The van der Waals surface area contributed by atoms with Crippen LogP contribution in [0, 0.1) is 0 Å². The third kappa shape index (κ3) is 2.83. The normalized spacial score (nSPS) is 10.4. The van der Waals surface area contributed by atoms with Gasteiger partial charge >= 0.3 is 0 Å². The lowest BCUT2D eigenvalue weighted by atomic mass is 10.2. The molecule has 0 radical (unpaired) electrons. The minimum Gasteiger partial charge on any atom is -0.508 e. The molecule has 0 bridgehead atoms. The molecule has 18 heavy (non-hydrogen) atoms. The summed E-state index contributed by atoms with van der Waals surface area (Å²) in [6.45, 7) is 0.342. The quantitative estimate of drug-likeness (QED) is 0.839. The number of anilines is 1. The Kier molecular flexibility index (Phi) is 4.23. The van der Waals surface area contributed by atoms with Crippen molar-refractivity contribution in [3.63, 3.8) is 0 Å². The van der Waals surface area contributed by atoms with Crippen LogP contribution in [0.15, 0.2) is 36.4 Å². The summed E-state index contributed by atoms with van der Waals surface area (Å²) in [5.74, 6) is 0.137. The number of phenolic OH excluding ortho intramolecular Hbond substituents is 1. The topological polar surface area (TPSA) is 32.3 Å². The zero-order valence-corrected chi connectivity index (χ0v) is 11.5. The Hall–Kier alpha value is -1.09. The summed E-state index contributed by atoms with van der Waals surface area (Å²) in [5, 5.41) is 14.3. The zero-order valence-electron chi connectivity index (χ0n) is 9.25. The van der Waals surface area contributed by atoms with Crippen LogP contribution in [0.4, 0.5) is 5.69 Å². The fraction of sp³-hybridized carbons (Fsp3) is 0.0769. The Morgan fingerprint density at radius 1 is 0.889 bits per heavy atom. The van der Waals surface area contributed by atoms with Gasteiger partial charge in [0.15, 0.2) is 0 Å². The number of phenols is 1. The lowest BCUT2D eigenvalue weighted by molar-refractivity contribution is 0.469. The van der Waals surface area contributed by atoms with Crippen LogP contribution >= 0.6 is 34.8 Å². The zero-order chi connectivity index (χ0) is 13.1. The number of nitrogens with one attached hydrogen (secondary N) is 1. The standard InChI is InChI=1S/C13H10Cl3NO/c14-9-3-2-6-12(18)8(9)7-17-13-10(15)4-1-5-11(13)16/h1-6,17-18H,7H2. The van der Waals surface area contributed by atoms with E-state index in [0.29, 0.717) is 32.9 Å². The lowest BCUT2D eigenvalue weighted by Gasteiger charge is -2.12. The van der Waals surface area contributed by atoms with Gasteiger partial charge in [-0.2, -0.15) is 0 Å². The predicted octanol–water partition coefficient (Wildman–Crippen LogP) is 4.96. The molecule has 5 heteroatoms. The van der Waals surface area contributed by atoms with E-state index in [9.17, 15) is 5.11 Å². The van der Waals surface area contributed by atoms with E-state index in [2.05, 4.69) is 5.32 Å². The maximum absolute atomic E-state index is 9.72. The van der Waals surface area contributed by atoms with Crippen LogP contribution < -0.4 is 5.32 Å². The van der Waals surface area contributed by atoms with Crippen LogP contribution in [0.25, 0.3) is 0 Å². The average molecular weight is 303 g/mol. The number of halogens is 3. The first-order valence-corrected chi connectivity index (χ1v) is 6.37. The van der Waals surface area contributed by atoms with Gasteiger partial charge in [0.25, 0.3) is 0 Å². The molecule has 0 atom stereocenters. The molecule has 2 aromatic carbocycles. The van der Waals surface area contributed by atoms with Crippen LogP contribution in [0.3, 0.4) is 0 Å². The molecule has 0 aromatic heterocycles. The first-order valence-electron chi connectivity index (χ1n) is 5.24. The highest BCUT2D eigenvalue weighted by atomic mass is 35.5. The summed E-state index contributed by atoms with van der Waals surface area (Å²) in [4.78, 5) is 0. The second-order valence-electron chi connectivity index (χ2n) is 3.69. The monoisotopic (exact) mass is 301 g/mol. The highest BCUT2D eigenvalue weighted by Crippen LogP contribution is 2.32. The molecule has 2 rings (SSSR count). The van der Waals surface area contributed by atoms with E-state index in [4.69, 9.17) is 34.8 Å². The SMILES string of the molecule is Oc1cccc(Cl)c1CNc1c(Cl)cccc1Cl. The fourth-order valence-electron chi connectivity index (χ4n) is 1.57. The summed E-state index contributed by atoms with van der Waals surface area (Å²) in [6.07, 6.45) is 0. The Morgan fingerprint density at radius 3 is 2.06 bits per heavy atom. The maximum Gasteiger partial charge on any atom is 0.122 e. The largest absolute Gasteiger partial charge is 0.508 e. The number of hydrogen-bond donors (Lipinski definition) is 2. The molecule has 0 amide bonds. The molecule has 0 aliphatic rings. The van der Waals surface area contributed by atoms with Gasteiger partial charge < -0.3 is 10.4 Å². The summed E-state index contributed by atoms with van der Waals surface area (Å²) in [5.41, 5.74) is 1.23. The number of benzene rings is 2. The van der Waals surface area contributed by atoms with Gasteiger partial charge in [0.05, 0.1) is 15.7 Å². The van der Waals surface area contributed by atoms with Crippen molar-refractivity contribution in [2.24, 2.45) is 0 Å². The van der Waals surface area contributed by atoms with Crippen LogP contribution in [0.2, 0.25) is 15.1 Å². The second-order valence-corrected chi connectivity index (χ2v) is 4.91. The molecule has 0 fully saturated rings. The van der Waals surface area contributed by atoms with E-state index >= 15 is 0 Å². The van der Waals surface area contributed by atoms with Crippen LogP contribution in [-0.2, 0) is 6.54 Å². The molecule has 2 aromatic rings. The van der Waals surface area contributed by atoms with Gasteiger partial charge in [0, 0.05) is 17.1 Å². The number of hydrogen-bond acceptors (Lipinski definition) is 2. The van der Waals surface area contributed by atoms with Crippen molar-refractivity contribution in [2.75, 3.05) is 5.32 Å². The van der Waals surface area contributed by atoms with Gasteiger partial charge in [0.2, 0.25) is 0 Å². The van der Waals surface area contributed by atoms with Gasteiger partial charge in [-0.15, -0.1) is 0 Å². The van der Waals surface area contributed by atoms with Gasteiger partial charge in [-0.3, -0.25) is 0 Å². The third-order valence-electron chi connectivity index (χ3n) is 2.50. The maximum atomic E-state index is 9.72. The first kappa shape index (κ1) is 13.3. The van der Waals surface area contributed by atoms with E-state index in [1.165, 1.54) is 0 Å². The van der Waals surface area contributed by atoms with E-state index in [1.807, 2.05) is 0 Å². The fourth-order valence-corrected chi connectivity index (χ4v) is 2.33. The van der Waals surface area contributed by atoms with Crippen LogP contribution in [-0.4, -0.2) is 5.11 Å². The smallest absolute Gasteiger partial charge is 0.122 e. The summed E-state index contributed by atoms with van der Waals surface area (Å²) in [6, 6.07) is 10.2. The number of para-hydroxylation sites is 1. The Labute approximate surface area is 120 Å². The molecule has 0 saturated carbocycles. The molecule has 2 N–H and O–H groups in total. The first-order chi connectivity index (χ1) is 8.59. The van der Waals surface area contributed by atoms with Crippen LogP contribution in [0.5, 0.6) is 5.75 Å². The molecule has 2 nitrogen and oxygen atoms in total. The Morgan fingerprint density at radius 2 is 1.44 bits per heavy atom. The highest BCUT2D eigenvalue weighted by molar-refractivity contribution is 6.39. The summed E-state index contributed by atoms with van der Waals surface area (Å²) in [7, 11) is 0. The molecular formula is C13H10Cl3NO. The number of aromatic hydroxyl groups is 1. The van der Waals surface area contributed by atoms with E-state index in [0.717, 1.165) is 0 Å². The predicted molar refractivity (Wildman–Crippen MR) is 76.9 cm³/mol. The van der Waals surface area contributed by atoms with Crippen molar-refractivity contribution >= 4 is 40.5 Å². The van der Waals surface area contributed by atoms with Gasteiger partial charge in [-0.1, -0.05) is 46.9 Å². The van der Waals surface area contributed by atoms with Crippen molar-refractivity contribution in [1.29, 1.82) is 0 Å². The Balaban J connectivity index is 2.22. The van der Waals surface area contributed by atoms with Crippen molar-refractivity contribution in [3.8, 4) is 5.75 Å². The summed E-state index contributed by atoms with van der Waals surface area (Å²) < 4.78 is 0. The minimum absolute atomic E-state index is 0.137. The lowest BCUT2D eigenvalue weighted by Crippen LogP contribution is -2.01. The van der Waals surface area contributed by atoms with Gasteiger partial charge in [-0.25, -0.2) is 0 Å². The highest BCUT2D eigenvalue weighted by Gasteiger charge is 2.09. The average Bonchev–Trinajstić information content (AvgIpc) is 2.31. The van der Waals surface area contributed by atoms with E-state index in [-0.39, 0.29) is 5.75 Å².